The average molecular weight is 389 g/mol. The Morgan fingerprint density at radius 1 is 1.08 bits per heavy atom. The average Bonchev–Trinajstić information content (AvgIpc) is 3.28. The second kappa shape index (κ2) is 6.81. The van der Waals surface area contributed by atoms with Crippen LogP contribution in [0.3, 0.4) is 0 Å². The number of nitrogens with one attached hydrogen (secondary N) is 1. The summed E-state index contributed by atoms with van der Waals surface area (Å²) < 4.78 is 17.2. The Hall–Kier alpha value is -2.84. The van der Waals surface area contributed by atoms with E-state index in [2.05, 4.69) is 20.5 Å². The molecule has 26 heavy (non-hydrogen) atoms. The molecule has 0 aliphatic heterocycles. The van der Waals surface area contributed by atoms with Crippen LogP contribution in [0.1, 0.15) is 0 Å². The number of rotatable bonds is 5. The van der Waals surface area contributed by atoms with Crippen LogP contribution in [-0.4, -0.2) is 29.4 Å². The van der Waals surface area contributed by atoms with Crippen molar-refractivity contribution in [2.75, 3.05) is 19.5 Å². The summed E-state index contributed by atoms with van der Waals surface area (Å²) in [4.78, 5) is 4.53. The monoisotopic (exact) mass is 388 g/mol. The SMILES string of the molecule is COc1cc(OC)c2nc(Nc3nnc(-c4ccc(Cl)cc4)o3)sc2c1. The molecule has 9 heteroatoms. The highest BCUT2D eigenvalue weighted by Crippen LogP contribution is 2.37. The van der Waals surface area contributed by atoms with Crippen LogP contribution in [0.4, 0.5) is 11.1 Å². The second-order valence-electron chi connectivity index (χ2n) is 5.24. The van der Waals surface area contributed by atoms with Crippen molar-refractivity contribution in [3.63, 3.8) is 0 Å². The van der Waals surface area contributed by atoms with Gasteiger partial charge in [0.1, 0.15) is 17.0 Å². The van der Waals surface area contributed by atoms with Crippen LogP contribution < -0.4 is 14.8 Å². The molecule has 0 saturated heterocycles. The number of aromatic nitrogens is 3. The summed E-state index contributed by atoms with van der Waals surface area (Å²) in [6.45, 7) is 0. The lowest BCUT2D eigenvalue weighted by Crippen LogP contribution is -1.90. The first kappa shape index (κ1) is 16.6. The summed E-state index contributed by atoms with van der Waals surface area (Å²) in [5.41, 5.74) is 1.52. The Labute approximate surface area is 157 Å². The molecule has 2 heterocycles. The molecule has 0 unspecified atom stereocenters. The summed E-state index contributed by atoms with van der Waals surface area (Å²) in [6.07, 6.45) is 0. The van der Waals surface area contributed by atoms with Gasteiger partial charge in [-0.3, -0.25) is 5.32 Å². The van der Waals surface area contributed by atoms with Crippen molar-refractivity contribution in [3.8, 4) is 23.0 Å². The van der Waals surface area contributed by atoms with E-state index in [-0.39, 0.29) is 6.01 Å². The smallest absolute Gasteiger partial charge is 0.322 e. The molecule has 4 aromatic rings. The quantitative estimate of drug-likeness (QED) is 0.527. The van der Waals surface area contributed by atoms with E-state index in [1.807, 2.05) is 18.2 Å². The normalized spacial score (nSPS) is 10.9. The van der Waals surface area contributed by atoms with Gasteiger partial charge in [0.05, 0.1) is 18.9 Å². The third kappa shape index (κ3) is 3.16. The van der Waals surface area contributed by atoms with Crippen molar-refractivity contribution in [2.45, 2.75) is 0 Å². The van der Waals surface area contributed by atoms with Crippen LogP contribution in [0.25, 0.3) is 21.7 Å². The standard InChI is InChI=1S/C17H13ClN4O3S/c1-23-11-7-12(24-2)14-13(8-11)26-17(19-14)20-16-22-21-15(25-16)9-3-5-10(18)6-4-9/h3-8H,1-2H3,(H,19,20,22). The Balaban J connectivity index is 1.62. The molecule has 0 amide bonds. The minimum atomic E-state index is 0.250. The maximum absolute atomic E-state index is 5.89. The van der Waals surface area contributed by atoms with E-state index < -0.39 is 0 Å². The van der Waals surface area contributed by atoms with E-state index in [1.54, 1.807) is 32.4 Å². The van der Waals surface area contributed by atoms with Gasteiger partial charge in [-0.2, -0.15) is 0 Å². The van der Waals surface area contributed by atoms with Gasteiger partial charge < -0.3 is 13.9 Å². The molecule has 0 radical (unpaired) electrons. The number of anilines is 2. The number of nitrogens with zero attached hydrogens (tertiary/aromatic N) is 3. The van der Waals surface area contributed by atoms with Crippen LogP contribution >= 0.6 is 22.9 Å². The lowest BCUT2D eigenvalue weighted by atomic mass is 10.2. The van der Waals surface area contributed by atoms with E-state index in [9.17, 15) is 0 Å². The molecule has 0 atom stereocenters. The van der Waals surface area contributed by atoms with E-state index in [1.165, 1.54) is 11.3 Å². The van der Waals surface area contributed by atoms with Crippen molar-refractivity contribution in [1.82, 2.24) is 15.2 Å². The van der Waals surface area contributed by atoms with Gasteiger partial charge in [-0.1, -0.05) is 28.0 Å². The maximum Gasteiger partial charge on any atom is 0.322 e. The molecular weight excluding hydrogens is 376 g/mol. The third-order valence-electron chi connectivity index (χ3n) is 3.62. The third-order valence-corrected chi connectivity index (χ3v) is 4.79. The van der Waals surface area contributed by atoms with Crippen molar-refractivity contribution in [3.05, 3.63) is 41.4 Å². The van der Waals surface area contributed by atoms with Gasteiger partial charge >= 0.3 is 6.01 Å². The molecule has 4 rings (SSSR count). The van der Waals surface area contributed by atoms with Gasteiger partial charge in [-0.25, -0.2) is 4.98 Å². The predicted octanol–water partition coefficient (Wildman–Crippen LogP) is 4.76. The van der Waals surface area contributed by atoms with Gasteiger partial charge in [0, 0.05) is 16.7 Å². The van der Waals surface area contributed by atoms with Crippen LogP contribution in [-0.2, 0) is 0 Å². The molecule has 2 aromatic heterocycles. The summed E-state index contributed by atoms with van der Waals surface area (Å²) in [7, 11) is 3.20. The van der Waals surface area contributed by atoms with E-state index >= 15 is 0 Å². The summed E-state index contributed by atoms with van der Waals surface area (Å²) in [6, 6.07) is 11.1. The first-order valence-electron chi connectivity index (χ1n) is 7.55. The van der Waals surface area contributed by atoms with E-state index in [0.29, 0.717) is 27.5 Å². The van der Waals surface area contributed by atoms with Crippen LogP contribution in [0.15, 0.2) is 40.8 Å². The van der Waals surface area contributed by atoms with Gasteiger partial charge in [0.2, 0.25) is 5.89 Å². The van der Waals surface area contributed by atoms with Crippen LogP contribution in [0, 0.1) is 0 Å². The first-order chi connectivity index (χ1) is 12.7. The van der Waals surface area contributed by atoms with Gasteiger partial charge in [0.25, 0.3) is 0 Å². The molecule has 2 aromatic carbocycles. The molecule has 0 saturated carbocycles. The van der Waals surface area contributed by atoms with Gasteiger partial charge in [-0.15, -0.1) is 5.10 Å². The number of halogens is 1. The Bertz CT molecular complexity index is 1060. The van der Waals surface area contributed by atoms with Gasteiger partial charge in [0.15, 0.2) is 5.13 Å². The zero-order valence-corrected chi connectivity index (χ0v) is 15.4. The summed E-state index contributed by atoms with van der Waals surface area (Å²) in [5.74, 6) is 1.73. The maximum atomic E-state index is 5.89. The molecule has 1 N–H and O–H groups in total. The molecule has 0 bridgehead atoms. The number of ether oxygens (including phenoxy) is 2. The number of hydrogen-bond donors (Lipinski definition) is 1. The second-order valence-corrected chi connectivity index (χ2v) is 6.71. The van der Waals surface area contributed by atoms with Crippen LogP contribution in [0.5, 0.6) is 11.5 Å². The molecule has 0 spiro atoms. The van der Waals surface area contributed by atoms with Gasteiger partial charge in [-0.05, 0) is 30.3 Å². The zero-order valence-electron chi connectivity index (χ0n) is 13.8. The number of hydrogen-bond acceptors (Lipinski definition) is 8. The van der Waals surface area contributed by atoms with Crippen molar-refractivity contribution >= 4 is 44.3 Å². The number of thiazole rings is 1. The lowest BCUT2D eigenvalue weighted by Gasteiger charge is -2.03. The lowest BCUT2D eigenvalue weighted by molar-refractivity contribution is 0.397. The van der Waals surface area contributed by atoms with Crippen molar-refractivity contribution in [1.29, 1.82) is 0 Å². The minimum Gasteiger partial charge on any atom is -0.497 e. The summed E-state index contributed by atoms with van der Waals surface area (Å²) >= 11 is 7.32. The topological polar surface area (TPSA) is 82.3 Å². The molecule has 0 fully saturated rings. The fourth-order valence-electron chi connectivity index (χ4n) is 2.38. The molecular formula is C17H13ClN4O3S. The Morgan fingerprint density at radius 3 is 2.62 bits per heavy atom. The Morgan fingerprint density at radius 2 is 1.88 bits per heavy atom. The molecule has 0 aliphatic carbocycles. The summed E-state index contributed by atoms with van der Waals surface area (Å²) in [5, 5.41) is 12.3. The van der Waals surface area contributed by atoms with Crippen molar-refractivity contribution in [2.24, 2.45) is 0 Å². The molecule has 7 nitrogen and oxygen atoms in total. The number of methoxy groups -OCH3 is 2. The van der Waals surface area contributed by atoms with E-state index in [0.717, 1.165) is 15.8 Å². The first-order valence-corrected chi connectivity index (χ1v) is 8.75. The fraction of sp³-hybridized carbons (Fsp3) is 0.118. The number of benzene rings is 2. The highest BCUT2D eigenvalue weighted by Gasteiger charge is 2.14. The largest absolute Gasteiger partial charge is 0.497 e. The highest BCUT2D eigenvalue weighted by molar-refractivity contribution is 7.22. The Kier molecular flexibility index (Phi) is 4.36. The van der Waals surface area contributed by atoms with Crippen LogP contribution in [0.2, 0.25) is 5.02 Å². The minimum absolute atomic E-state index is 0.250. The van der Waals surface area contributed by atoms with Crippen molar-refractivity contribution < 1.29 is 13.9 Å². The zero-order chi connectivity index (χ0) is 18.1. The number of fused-ring (bicyclic) bond motifs is 1. The molecule has 0 aliphatic rings. The fourth-order valence-corrected chi connectivity index (χ4v) is 3.40. The van der Waals surface area contributed by atoms with E-state index in [4.69, 9.17) is 25.5 Å². The highest BCUT2D eigenvalue weighted by atomic mass is 35.5. The predicted molar refractivity (Wildman–Crippen MR) is 101 cm³/mol. The molecule has 132 valence electrons.